The van der Waals surface area contributed by atoms with E-state index in [2.05, 4.69) is 13.8 Å². The largest absolute Gasteiger partial charge is 0.276 e. The maximum absolute atomic E-state index is 10.5. The summed E-state index contributed by atoms with van der Waals surface area (Å²) in [6.45, 7) is 4.37. The predicted molar refractivity (Wildman–Crippen MR) is 71.8 cm³/mol. The summed E-state index contributed by atoms with van der Waals surface area (Å²) in [5.41, 5.74) is 0. The summed E-state index contributed by atoms with van der Waals surface area (Å²) in [6.07, 6.45) is 13.9. The molecule has 16 heavy (non-hydrogen) atoms. The Morgan fingerprint density at radius 2 is 1.69 bits per heavy atom. The Hall–Kier alpha value is -0.300. The lowest BCUT2D eigenvalue weighted by Gasteiger charge is -2.05. The number of unbranched alkanes of at least 4 members (excludes halogenated alkanes) is 6. The van der Waals surface area contributed by atoms with E-state index in [-0.39, 0.29) is 5.24 Å². The minimum absolute atomic E-state index is 0.369. The van der Waals surface area contributed by atoms with Crippen LogP contribution in [0.4, 0.5) is 0 Å². The molecule has 0 heterocycles. The number of hydrogen-bond acceptors (Lipinski definition) is 1. The van der Waals surface area contributed by atoms with Gasteiger partial charge >= 0.3 is 0 Å². The van der Waals surface area contributed by atoms with Crippen molar-refractivity contribution in [3.05, 3.63) is 12.2 Å². The molecule has 1 nitrogen and oxygen atoms in total. The standard InChI is InChI=1S/C14H25ClO/c1-3-4-5-6-7-8-9-10-13(2)11-12-14(15)16/h11-13H,3-10H2,1-2H3. The molecule has 0 N–H and O–H groups in total. The van der Waals surface area contributed by atoms with E-state index >= 15 is 0 Å². The van der Waals surface area contributed by atoms with Crippen molar-refractivity contribution >= 4 is 16.8 Å². The molecule has 0 radical (unpaired) electrons. The van der Waals surface area contributed by atoms with Crippen molar-refractivity contribution in [1.29, 1.82) is 0 Å². The average Bonchev–Trinajstić information content (AvgIpc) is 2.25. The molecule has 0 aromatic heterocycles. The van der Waals surface area contributed by atoms with Gasteiger partial charge in [0.25, 0.3) is 0 Å². The van der Waals surface area contributed by atoms with Gasteiger partial charge in [-0.2, -0.15) is 0 Å². The smallest absolute Gasteiger partial charge is 0.244 e. The molecule has 0 aromatic carbocycles. The van der Waals surface area contributed by atoms with Crippen molar-refractivity contribution in [2.24, 2.45) is 5.92 Å². The normalized spacial score (nSPS) is 13.2. The molecule has 0 aliphatic heterocycles. The van der Waals surface area contributed by atoms with Crippen LogP contribution >= 0.6 is 11.6 Å². The molecule has 0 fully saturated rings. The van der Waals surface area contributed by atoms with Gasteiger partial charge in [-0.15, -0.1) is 0 Å². The van der Waals surface area contributed by atoms with E-state index in [9.17, 15) is 4.79 Å². The van der Waals surface area contributed by atoms with Crippen LogP contribution in [0.1, 0.15) is 65.2 Å². The van der Waals surface area contributed by atoms with Crippen molar-refractivity contribution < 1.29 is 4.79 Å². The first-order chi connectivity index (χ1) is 7.66. The summed E-state index contributed by atoms with van der Waals surface area (Å²) < 4.78 is 0. The van der Waals surface area contributed by atoms with Gasteiger partial charge < -0.3 is 0 Å². The quantitative estimate of drug-likeness (QED) is 0.297. The SMILES string of the molecule is CCCCCCCCCC(C)C=CC(=O)Cl. The Balaban J connectivity index is 3.27. The van der Waals surface area contributed by atoms with Crippen molar-refractivity contribution in [3.8, 4) is 0 Å². The van der Waals surface area contributed by atoms with Crippen molar-refractivity contribution in [1.82, 2.24) is 0 Å². The van der Waals surface area contributed by atoms with Crippen LogP contribution < -0.4 is 0 Å². The Labute approximate surface area is 105 Å². The summed E-state index contributed by atoms with van der Waals surface area (Å²) in [5.74, 6) is 0.471. The molecule has 1 atom stereocenters. The number of halogens is 1. The molecule has 0 amide bonds. The lowest BCUT2D eigenvalue weighted by Crippen LogP contribution is -1.91. The first-order valence-electron chi connectivity index (χ1n) is 6.54. The summed E-state index contributed by atoms with van der Waals surface area (Å²) in [7, 11) is 0. The van der Waals surface area contributed by atoms with Gasteiger partial charge in [0.05, 0.1) is 0 Å². The second-order valence-corrected chi connectivity index (χ2v) is 4.92. The highest BCUT2D eigenvalue weighted by Crippen LogP contribution is 2.13. The molecule has 0 aliphatic rings. The van der Waals surface area contributed by atoms with Gasteiger partial charge in [0, 0.05) is 0 Å². The highest BCUT2D eigenvalue weighted by molar-refractivity contribution is 6.66. The minimum Gasteiger partial charge on any atom is -0.276 e. The molecule has 1 unspecified atom stereocenters. The predicted octanol–water partition coefficient (Wildman–Crippen LogP) is 5.08. The van der Waals surface area contributed by atoms with Crippen LogP contribution in [0.15, 0.2) is 12.2 Å². The third-order valence-corrected chi connectivity index (χ3v) is 2.94. The number of carbonyl (C=O) groups excluding carboxylic acids is 1. The van der Waals surface area contributed by atoms with Crippen LogP contribution in [-0.2, 0) is 4.79 Å². The fourth-order valence-corrected chi connectivity index (χ4v) is 1.83. The number of rotatable bonds is 10. The van der Waals surface area contributed by atoms with E-state index in [0.29, 0.717) is 5.92 Å². The van der Waals surface area contributed by atoms with Crippen LogP contribution in [0.25, 0.3) is 0 Å². The van der Waals surface area contributed by atoms with Crippen LogP contribution in [0.3, 0.4) is 0 Å². The zero-order valence-electron chi connectivity index (χ0n) is 10.7. The number of allylic oxidation sites excluding steroid dienone is 2. The van der Waals surface area contributed by atoms with Crippen LogP contribution in [0, 0.1) is 5.92 Å². The molecule has 0 rings (SSSR count). The number of carbonyl (C=O) groups is 1. The van der Waals surface area contributed by atoms with Gasteiger partial charge in [-0.1, -0.05) is 64.9 Å². The highest BCUT2D eigenvalue weighted by atomic mass is 35.5. The zero-order valence-corrected chi connectivity index (χ0v) is 11.4. The highest BCUT2D eigenvalue weighted by Gasteiger charge is 1.98. The molecule has 2 heteroatoms. The summed E-state index contributed by atoms with van der Waals surface area (Å²) in [4.78, 5) is 10.5. The maximum Gasteiger partial charge on any atom is 0.244 e. The summed E-state index contributed by atoms with van der Waals surface area (Å²) >= 11 is 5.23. The first-order valence-corrected chi connectivity index (χ1v) is 6.92. The van der Waals surface area contributed by atoms with Crippen molar-refractivity contribution in [3.63, 3.8) is 0 Å². The Morgan fingerprint density at radius 3 is 2.25 bits per heavy atom. The zero-order chi connectivity index (χ0) is 12.2. The van der Waals surface area contributed by atoms with Crippen LogP contribution in [0.2, 0.25) is 0 Å². The van der Waals surface area contributed by atoms with Gasteiger partial charge in [-0.05, 0) is 30.0 Å². The molecule has 0 saturated heterocycles. The lowest BCUT2D eigenvalue weighted by atomic mass is 10.0. The first kappa shape index (κ1) is 15.7. The molecule has 0 saturated carbocycles. The van der Waals surface area contributed by atoms with Gasteiger partial charge in [-0.3, -0.25) is 4.79 Å². The monoisotopic (exact) mass is 244 g/mol. The average molecular weight is 245 g/mol. The summed E-state index contributed by atoms with van der Waals surface area (Å²) in [6, 6.07) is 0. The molecule has 0 spiro atoms. The molecule has 0 aromatic rings. The molecular weight excluding hydrogens is 220 g/mol. The van der Waals surface area contributed by atoms with Crippen molar-refractivity contribution in [2.75, 3.05) is 0 Å². The number of hydrogen-bond donors (Lipinski definition) is 0. The fraction of sp³-hybridized carbons (Fsp3) is 0.786. The Bertz CT molecular complexity index is 199. The summed E-state index contributed by atoms with van der Waals surface area (Å²) in [5, 5.41) is -0.369. The van der Waals surface area contributed by atoms with E-state index in [4.69, 9.17) is 11.6 Å². The second kappa shape index (κ2) is 11.2. The van der Waals surface area contributed by atoms with E-state index in [1.807, 2.05) is 6.08 Å². The van der Waals surface area contributed by atoms with E-state index < -0.39 is 0 Å². The molecular formula is C14H25ClO. The van der Waals surface area contributed by atoms with Gasteiger partial charge in [0.15, 0.2) is 0 Å². The molecule has 0 bridgehead atoms. The third kappa shape index (κ3) is 11.8. The van der Waals surface area contributed by atoms with Gasteiger partial charge in [0.1, 0.15) is 0 Å². The topological polar surface area (TPSA) is 17.1 Å². The second-order valence-electron chi connectivity index (χ2n) is 4.55. The van der Waals surface area contributed by atoms with Crippen LogP contribution in [0.5, 0.6) is 0 Å². The maximum atomic E-state index is 10.5. The fourth-order valence-electron chi connectivity index (χ4n) is 1.76. The Morgan fingerprint density at radius 1 is 1.12 bits per heavy atom. The van der Waals surface area contributed by atoms with Crippen LogP contribution in [-0.4, -0.2) is 5.24 Å². The van der Waals surface area contributed by atoms with E-state index in [0.717, 1.165) is 6.42 Å². The molecule has 0 aliphatic carbocycles. The van der Waals surface area contributed by atoms with Gasteiger partial charge in [0.2, 0.25) is 5.24 Å². The van der Waals surface area contributed by atoms with Gasteiger partial charge in [-0.25, -0.2) is 0 Å². The Kier molecular flexibility index (Phi) is 11.0. The molecule has 94 valence electrons. The third-order valence-electron chi connectivity index (χ3n) is 2.82. The lowest BCUT2D eigenvalue weighted by molar-refractivity contribution is -0.107. The van der Waals surface area contributed by atoms with E-state index in [1.54, 1.807) is 0 Å². The minimum atomic E-state index is -0.369. The van der Waals surface area contributed by atoms with Crippen molar-refractivity contribution in [2.45, 2.75) is 65.2 Å². The van der Waals surface area contributed by atoms with E-state index in [1.165, 1.54) is 51.0 Å².